The van der Waals surface area contributed by atoms with Crippen LogP contribution in [0.25, 0.3) is 0 Å². The van der Waals surface area contributed by atoms with E-state index in [-0.39, 0.29) is 11.8 Å². The van der Waals surface area contributed by atoms with Crippen molar-refractivity contribution in [2.45, 2.75) is 32.1 Å². The third kappa shape index (κ3) is 4.34. The van der Waals surface area contributed by atoms with Crippen LogP contribution in [0.4, 0.5) is 10.7 Å². The number of carboxylic acids is 1. The van der Waals surface area contributed by atoms with Crippen molar-refractivity contribution in [3.63, 3.8) is 0 Å². The number of ether oxygens (including phenoxy) is 1. The van der Waals surface area contributed by atoms with Crippen LogP contribution < -0.4 is 15.4 Å². The van der Waals surface area contributed by atoms with Gasteiger partial charge in [0.15, 0.2) is 0 Å². The molecule has 8 heteroatoms. The van der Waals surface area contributed by atoms with Gasteiger partial charge >= 0.3 is 5.97 Å². The highest BCUT2D eigenvalue weighted by Crippen LogP contribution is 2.40. The number of nitrogens with one attached hydrogen (secondary N) is 2. The number of carbonyl (C=O) groups excluding carboxylic acids is 2. The Morgan fingerprint density at radius 2 is 1.87 bits per heavy atom. The molecule has 2 amide bonds. The zero-order valence-electron chi connectivity index (χ0n) is 17.1. The summed E-state index contributed by atoms with van der Waals surface area (Å²) >= 11 is 1.41. The van der Waals surface area contributed by atoms with E-state index in [9.17, 15) is 19.5 Å². The van der Waals surface area contributed by atoms with Gasteiger partial charge in [-0.1, -0.05) is 18.2 Å². The van der Waals surface area contributed by atoms with E-state index in [2.05, 4.69) is 10.6 Å². The van der Waals surface area contributed by atoms with Crippen LogP contribution in [0.2, 0.25) is 0 Å². The predicted molar refractivity (Wildman–Crippen MR) is 119 cm³/mol. The largest absolute Gasteiger partial charge is 0.497 e. The molecule has 1 aromatic heterocycles. The third-order valence-electron chi connectivity index (χ3n) is 5.80. The van der Waals surface area contributed by atoms with Crippen LogP contribution >= 0.6 is 11.3 Å². The van der Waals surface area contributed by atoms with E-state index in [1.165, 1.54) is 11.3 Å². The lowest BCUT2D eigenvalue weighted by molar-refractivity contribution is -0.146. The Kier molecular flexibility index (Phi) is 6.08. The molecule has 0 fully saturated rings. The first-order valence-corrected chi connectivity index (χ1v) is 11.1. The van der Waals surface area contributed by atoms with E-state index >= 15 is 0 Å². The molecule has 3 N–H and O–H groups in total. The quantitative estimate of drug-likeness (QED) is 0.587. The van der Waals surface area contributed by atoms with Crippen molar-refractivity contribution in [2.75, 3.05) is 17.7 Å². The van der Waals surface area contributed by atoms with Crippen LogP contribution in [-0.4, -0.2) is 30.0 Å². The number of methoxy groups -OCH3 is 1. The highest BCUT2D eigenvalue weighted by Gasteiger charge is 2.35. The minimum atomic E-state index is -0.978. The van der Waals surface area contributed by atoms with Crippen LogP contribution in [0.1, 0.15) is 40.1 Å². The normalized spacial score (nSPS) is 19.5. The third-order valence-corrected chi connectivity index (χ3v) is 7.01. The van der Waals surface area contributed by atoms with Crippen molar-refractivity contribution in [3.05, 3.63) is 52.4 Å². The molecule has 4 rings (SSSR count). The molecule has 0 aliphatic heterocycles. The number of aryl methyl sites for hydroxylation is 1. The van der Waals surface area contributed by atoms with Gasteiger partial charge in [0.25, 0.3) is 5.91 Å². The molecule has 0 unspecified atom stereocenters. The number of carboxylic acid groups (broad SMARTS) is 1. The van der Waals surface area contributed by atoms with E-state index in [1.54, 1.807) is 37.5 Å². The predicted octanol–water partition coefficient (Wildman–Crippen LogP) is 4.10. The lowest BCUT2D eigenvalue weighted by Crippen LogP contribution is -2.35. The van der Waals surface area contributed by atoms with Gasteiger partial charge in [0.2, 0.25) is 5.91 Å². The maximum Gasteiger partial charge on any atom is 0.307 e. The number of aliphatic carboxylic acids is 1. The Morgan fingerprint density at radius 3 is 2.61 bits per heavy atom. The molecule has 2 aromatic rings. The minimum absolute atomic E-state index is 0.290. The van der Waals surface area contributed by atoms with Gasteiger partial charge in [-0.3, -0.25) is 14.4 Å². The van der Waals surface area contributed by atoms with Gasteiger partial charge in [-0.2, -0.15) is 0 Å². The molecule has 0 saturated heterocycles. The average molecular weight is 441 g/mol. The van der Waals surface area contributed by atoms with Crippen LogP contribution in [0, 0.1) is 11.8 Å². The fourth-order valence-corrected chi connectivity index (χ4v) is 5.50. The lowest BCUT2D eigenvalue weighted by Gasteiger charge is -2.24. The summed E-state index contributed by atoms with van der Waals surface area (Å²) < 4.78 is 5.21. The molecule has 0 bridgehead atoms. The number of hydrogen-bond donors (Lipinski definition) is 3. The van der Waals surface area contributed by atoms with E-state index < -0.39 is 17.8 Å². The van der Waals surface area contributed by atoms with Gasteiger partial charge < -0.3 is 20.5 Å². The molecule has 0 saturated carbocycles. The SMILES string of the molecule is COc1cccc(NC(=O)c2c(NC(=O)[C@H]3CC=CC[C@@H]3C(=O)O)sc3c2CCC3)c1. The number of thiophene rings is 1. The highest BCUT2D eigenvalue weighted by atomic mass is 32.1. The van der Waals surface area contributed by atoms with Crippen molar-refractivity contribution in [2.24, 2.45) is 11.8 Å². The first kappa shape index (κ1) is 21.1. The monoisotopic (exact) mass is 440 g/mol. The fraction of sp³-hybridized carbons (Fsp3) is 0.348. The maximum atomic E-state index is 13.2. The number of fused-ring (bicyclic) bond motifs is 1. The van der Waals surface area contributed by atoms with Gasteiger partial charge in [-0.25, -0.2) is 0 Å². The summed E-state index contributed by atoms with van der Waals surface area (Å²) in [6.07, 6.45) is 6.98. The number of benzene rings is 1. The second-order valence-corrected chi connectivity index (χ2v) is 8.84. The molecule has 2 aliphatic carbocycles. The summed E-state index contributed by atoms with van der Waals surface area (Å²) in [7, 11) is 1.56. The molecule has 1 heterocycles. The molecule has 7 nitrogen and oxygen atoms in total. The van der Waals surface area contributed by atoms with Crippen LogP contribution in [-0.2, 0) is 22.4 Å². The topological polar surface area (TPSA) is 105 Å². The van der Waals surface area contributed by atoms with Gasteiger partial charge in [-0.15, -0.1) is 11.3 Å². The number of amides is 2. The highest BCUT2D eigenvalue weighted by molar-refractivity contribution is 7.17. The van der Waals surface area contributed by atoms with Crippen molar-refractivity contribution < 1.29 is 24.2 Å². The number of anilines is 2. The second-order valence-electron chi connectivity index (χ2n) is 7.73. The zero-order chi connectivity index (χ0) is 22.0. The van der Waals surface area contributed by atoms with Gasteiger partial charge in [-0.05, 0) is 49.8 Å². The summed E-state index contributed by atoms with van der Waals surface area (Å²) in [4.78, 5) is 38.8. The van der Waals surface area contributed by atoms with E-state index in [0.717, 1.165) is 29.7 Å². The lowest BCUT2D eigenvalue weighted by atomic mass is 9.82. The Balaban J connectivity index is 1.59. The molecule has 162 valence electrons. The fourth-order valence-electron chi connectivity index (χ4n) is 4.21. The second kappa shape index (κ2) is 8.93. The molecular weight excluding hydrogens is 416 g/mol. The van der Waals surface area contributed by atoms with Crippen LogP contribution in [0.5, 0.6) is 5.75 Å². The van der Waals surface area contributed by atoms with Crippen molar-refractivity contribution in [3.8, 4) is 5.75 Å². The maximum absolute atomic E-state index is 13.2. The van der Waals surface area contributed by atoms with E-state index in [0.29, 0.717) is 34.8 Å². The number of rotatable bonds is 6. The first-order valence-electron chi connectivity index (χ1n) is 10.3. The Morgan fingerprint density at radius 1 is 1.10 bits per heavy atom. The molecule has 0 spiro atoms. The van der Waals surface area contributed by atoms with Gasteiger partial charge in [0.1, 0.15) is 10.8 Å². The standard InChI is InChI=1S/C23H24N2O5S/c1-30-14-7-4-6-13(12-14)24-21(27)19-17-10-5-11-18(17)31-22(19)25-20(26)15-8-2-3-9-16(15)23(28)29/h2-4,6-7,12,15-16H,5,8-11H2,1H3,(H,24,27)(H,25,26)(H,28,29)/t15-,16-/m0/s1. The average Bonchev–Trinajstić information content (AvgIpc) is 3.34. The Bertz CT molecular complexity index is 1060. The summed E-state index contributed by atoms with van der Waals surface area (Å²) in [5, 5.41) is 15.8. The molecule has 2 atom stereocenters. The van der Waals surface area contributed by atoms with E-state index in [4.69, 9.17) is 4.74 Å². The summed E-state index contributed by atoms with van der Waals surface area (Å²) in [6.45, 7) is 0. The zero-order valence-corrected chi connectivity index (χ0v) is 18.0. The number of carbonyl (C=O) groups is 3. The summed E-state index contributed by atoms with van der Waals surface area (Å²) in [5.74, 6) is -2.41. The first-order chi connectivity index (χ1) is 15.0. The van der Waals surface area contributed by atoms with Crippen molar-refractivity contribution in [1.82, 2.24) is 0 Å². The van der Waals surface area contributed by atoms with Crippen molar-refractivity contribution >= 4 is 39.8 Å². The molecule has 2 aliphatic rings. The molecule has 1 aromatic carbocycles. The van der Waals surface area contributed by atoms with Crippen LogP contribution in [0.15, 0.2) is 36.4 Å². The van der Waals surface area contributed by atoms with Gasteiger partial charge in [0.05, 0.1) is 24.5 Å². The van der Waals surface area contributed by atoms with Crippen molar-refractivity contribution in [1.29, 1.82) is 0 Å². The molecular formula is C23H24N2O5S. The molecule has 31 heavy (non-hydrogen) atoms. The number of hydrogen-bond acceptors (Lipinski definition) is 5. The summed E-state index contributed by atoms with van der Waals surface area (Å²) in [6, 6.07) is 7.09. The Labute approximate surface area is 184 Å². The summed E-state index contributed by atoms with van der Waals surface area (Å²) in [5.41, 5.74) is 2.05. The van der Waals surface area contributed by atoms with Gasteiger partial charge in [0, 0.05) is 16.6 Å². The van der Waals surface area contributed by atoms with Crippen LogP contribution in [0.3, 0.4) is 0 Å². The molecule has 0 radical (unpaired) electrons. The Hall–Kier alpha value is -3.13. The smallest absolute Gasteiger partial charge is 0.307 e. The number of allylic oxidation sites excluding steroid dienone is 2. The minimum Gasteiger partial charge on any atom is -0.497 e. The van der Waals surface area contributed by atoms with E-state index in [1.807, 2.05) is 6.08 Å².